The first kappa shape index (κ1) is 20.7. The Morgan fingerprint density at radius 2 is 1.93 bits per heavy atom. The van der Waals surface area contributed by atoms with Gasteiger partial charge in [0.2, 0.25) is 5.88 Å². The van der Waals surface area contributed by atoms with Crippen molar-refractivity contribution in [2.75, 3.05) is 51.0 Å². The molecular weight excluding hydrogens is 384 g/mol. The van der Waals surface area contributed by atoms with Crippen LogP contribution in [0.15, 0.2) is 46.6 Å². The number of hydrogen-bond acceptors (Lipinski definition) is 8. The minimum absolute atomic E-state index is 0.194. The second-order valence-corrected chi connectivity index (χ2v) is 7.32. The maximum absolute atomic E-state index is 5.89. The van der Waals surface area contributed by atoms with Crippen molar-refractivity contribution in [1.29, 1.82) is 0 Å². The molecule has 0 atom stereocenters. The van der Waals surface area contributed by atoms with Crippen LogP contribution in [0.2, 0.25) is 0 Å². The fourth-order valence-electron chi connectivity index (χ4n) is 3.44. The molecule has 3 heterocycles. The van der Waals surface area contributed by atoms with Gasteiger partial charge in [0.05, 0.1) is 39.6 Å². The summed E-state index contributed by atoms with van der Waals surface area (Å²) in [5.41, 5.74) is 3.35. The van der Waals surface area contributed by atoms with Crippen molar-refractivity contribution in [1.82, 2.24) is 4.98 Å². The molecule has 160 valence electrons. The van der Waals surface area contributed by atoms with Crippen molar-refractivity contribution in [3.63, 3.8) is 0 Å². The first-order valence-corrected chi connectivity index (χ1v) is 10.4. The fourth-order valence-corrected chi connectivity index (χ4v) is 3.44. The zero-order valence-corrected chi connectivity index (χ0v) is 17.3. The van der Waals surface area contributed by atoms with E-state index in [0.29, 0.717) is 57.7 Å². The maximum Gasteiger partial charge on any atom is 0.217 e. The molecule has 4 rings (SSSR count). The number of aromatic nitrogens is 1. The van der Waals surface area contributed by atoms with Crippen molar-refractivity contribution >= 4 is 11.5 Å². The average molecular weight is 412 g/mol. The Bertz CT molecular complexity index is 849. The predicted molar refractivity (Wildman–Crippen MR) is 112 cm³/mol. The number of rotatable bonds is 8. The molecule has 0 unspecified atom stereocenters. The summed E-state index contributed by atoms with van der Waals surface area (Å²) in [7, 11) is 0. The quantitative estimate of drug-likeness (QED) is 0.616. The molecule has 8 nitrogen and oxygen atoms in total. The lowest BCUT2D eigenvalue weighted by molar-refractivity contribution is -0.0533. The van der Waals surface area contributed by atoms with Crippen molar-refractivity contribution in [2.24, 2.45) is 10.2 Å². The molecule has 0 bridgehead atoms. The number of pyridine rings is 1. The van der Waals surface area contributed by atoms with E-state index in [1.54, 1.807) is 0 Å². The molecule has 1 aromatic carbocycles. The number of hydrogen-bond donors (Lipinski definition) is 0. The highest BCUT2D eigenvalue weighted by Gasteiger charge is 2.17. The third kappa shape index (κ3) is 5.98. The summed E-state index contributed by atoms with van der Waals surface area (Å²) in [6.45, 7) is 7.39. The highest BCUT2D eigenvalue weighted by Crippen LogP contribution is 2.27. The lowest BCUT2D eigenvalue weighted by Crippen LogP contribution is -2.36. The van der Waals surface area contributed by atoms with Crippen LogP contribution in [-0.2, 0) is 20.8 Å². The van der Waals surface area contributed by atoms with E-state index >= 15 is 0 Å². The van der Waals surface area contributed by atoms with E-state index in [1.807, 2.05) is 24.3 Å². The molecule has 30 heavy (non-hydrogen) atoms. The summed E-state index contributed by atoms with van der Waals surface area (Å²) in [5, 5.41) is 8.71. The van der Waals surface area contributed by atoms with E-state index in [0.717, 1.165) is 24.3 Å². The number of anilines is 1. The van der Waals surface area contributed by atoms with Crippen LogP contribution < -0.4 is 9.64 Å². The van der Waals surface area contributed by atoms with Crippen molar-refractivity contribution in [2.45, 2.75) is 26.2 Å². The number of nitrogens with zero attached hydrogens (tertiary/aromatic N) is 4. The first-order valence-electron chi connectivity index (χ1n) is 10.4. The maximum atomic E-state index is 5.89. The molecule has 0 amide bonds. The van der Waals surface area contributed by atoms with Crippen LogP contribution in [0.4, 0.5) is 11.5 Å². The first-order chi connectivity index (χ1) is 14.8. The average Bonchev–Trinajstić information content (AvgIpc) is 3.28. The van der Waals surface area contributed by atoms with Crippen LogP contribution in [0.1, 0.15) is 17.5 Å². The summed E-state index contributed by atoms with van der Waals surface area (Å²) in [6.07, 6.45) is 0.467. The van der Waals surface area contributed by atoms with E-state index in [2.05, 4.69) is 39.2 Å². The third-order valence-electron chi connectivity index (χ3n) is 4.95. The normalized spacial score (nSPS) is 17.7. The Balaban J connectivity index is 1.45. The van der Waals surface area contributed by atoms with Gasteiger partial charge in [-0.2, -0.15) is 10.1 Å². The molecule has 8 heteroatoms. The van der Waals surface area contributed by atoms with E-state index in [-0.39, 0.29) is 6.29 Å². The fraction of sp³-hybridized carbons (Fsp3) is 0.500. The van der Waals surface area contributed by atoms with Gasteiger partial charge in [-0.1, -0.05) is 29.8 Å². The van der Waals surface area contributed by atoms with Crippen LogP contribution in [0, 0.1) is 6.92 Å². The van der Waals surface area contributed by atoms with Gasteiger partial charge < -0.3 is 23.8 Å². The molecule has 2 fully saturated rings. The summed E-state index contributed by atoms with van der Waals surface area (Å²) < 4.78 is 22.3. The molecule has 2 aliphatic rings. The molecule has 1 aromatic heterocycles. The van der Waals surface area contributed by atoms with E-state index in [9.17, 15) is 0 Å². The highest BCUT2D eigenvalue weighted by atomic mass is 16.7. The molecule has 0 N–H and O–H groups in total. The summed E-state index contributed by atoms with van der Waals surface area (Å²) in [6, 6.07) is 12.1. The molecule has 2 aliphatic heterocycles. The third-order valence-corrected chi connectivity index (χ3v) is 4.95. The van der Waals surface area contributed by atoms with Gasteiger partial charge >= 0.3 is 0 Å². The van der Waals surface area contributed by atoms with Crippen molar-refractivity contribution < 1.29 is 18.9 Å². The minimum Gasteiger partial charge on any atom is -0.477 e. The van der Waals surface area contributed by atoms with Gasteiger partial charge in [-0.25, -0.2) is 0 Å². The van der Waals surface area contributed by atoms with Crippen LogP contribution in [0.5, 0.6) is 5.88 Å². The molecule has 0 radical (unpaired) electrons. The second-order valence-electron chi connectivity index (χ2n) is 7.32. The van der Waals surface area contributed by atoms with Crippen molar-refractivity contribution in [3.8, 4) is 5.88 Å². The predicted octanol–water partition coefficient (Wildman–Crippen LogP) is 3.65. The second kappa shape index (κ2) is 10.5. The monoisotopic (exact) mass is 412 g/mol. The Morgan fingerprint density at radius 3 is 2.73 bits per heavy atom. The molecule has 0 aliphatic carbocycles. The van der Waals surface area contributed by atoms with Gasteiger partial charge in [-0.15, -0.1) is 5.11 Å². The summed E-state index contributed by atoms with van der Waals surface area (Å²) in [5.74, 6) is 1.07. The Morgan fingerprint density at radius 1 is 1.10 bits per heavy atom. The van der Waals surface area contributed by atoms with Gasteiger partial charge in [0.1, 0.15) is 0 Å². The smallest absolute Gasteiger partial charge is 0.217 e. The summed E-state index contributed by atoms with van der Waals surface area (Å²) >= 11 is 0. The molecule has 0 saturated carbocycles. The SMILES string of the molecule is Cc1cccc(CN=Nc2cc(N3CCOCC3)cc(OCCC3OCCO3)n2)c1. The van der Waals surface area contributed by atoms with Gasteiger partial charge in [-0.3, -0.25) is 0 Å². The Labute approximate surface area is 176 Å². The highest BCUT2D eigenvalue weighted by molar-refractivity contribution is 5.55. The molecule has 2 aromatic rings. The van der Waals surface area contributed by atoms with E-state index in [4.69, 9.17) is 18.9 Å². The number of aryl methyl sites for hydroxylation is 1. The van der Waals surface area contributed by atoms with Crippen molar-refractivity contribution in [3.05, 3.63) is 47.5 Å². The van der Waals surface area contributed by atoms with Crippen LogP contribution in [-0.4, -0.2) is 57.4 Å². The van der Waals surface area contributed by atoms with E-state index < -0.39 is 0 Å². The molecule has 0 spiro atoms. The van der Waals surface area contributed by atoms with Crippen LogP contribution >= 0.6 is 0 Å². The zero-order valence-electron chi connectivity index (χ0n) is 17.3. The zero-order chi connectivity index (χ0) is 20.6. The van der Waals surface area contributed by atoms with Crippen LogP contribution in [0.25, 0.3) is 0 Å². The number of morpholine rings is 1. The molecule has 2 saturated heterocycles. The lowest BCUT2D eigenvalue weighted by Gasteiger charge is -2.29. The molecular formula is C22H28N4O4. The minimum atomic E-state index is -0.194. The van der Waals surface area contributed by atoms with Gasteiger partial charge in [0, 0.05) is 37.3 Å². The number of azo groups is 1. The summed E-state index contributed by atoms with van der Waals surface area (Å²) in [4.78, 5) is 6.77. The number of benzene rings is 1. The van der Waals surface area contributed by atoms with Gasteiger partial charge in [0.15, 0.2) is 12.1 Å². The lowest BCUT2D eigenvalue weighted by atomic mass is 10.1. The largest absolute Gasteiger partial charge is 0.477 e. The van der Waals surface area contributed by atoms with E-state index in [1.165, 1.54) is 5.56 Å². The van der Waals surface area contributed by atoms with Crippen LogP contribution in [0.3, 0.4) is 0 Å². The van der Waals surface area contributed by atoms with Gasteiger partial charge in [-0.05, 0) is 12.5 Å². The Kier molecular flexibility index (Phi) is 7.23. The topological polar surface area (TPSA) is 77.8 Å². The number of ether oxygens (including phenoxy) is 4. The van der Waals surface area contributed by atoms with Gasteiger partial charge in [0.25, 0.3) is 0 Å². The Hall–Kier alpha value is -2.55. The standard InChI is InChI=1S/C22H28N4O4/c1-17-3-2-4-18(13-17)16-23-25-20-14-19(26-6-9-27-10-7-26)15-21(24-20)28-8-5-22-29-11-12-30-22/h2-4,13-15,22H,5-12,16H2,1H3.